The number of aromatic hydroxyl groups is 1. The number of hydrogen-bond donors (Lipinski definition) is 2. The van der Waals surface area contributed by atoms with Crippen molar-refractivity contribution in [3.05, 3.63) is 100 Å². The molecule has 4 aromatic rings. The lowest BCUT2D eigenvalue weighted by Crippen LogP contribution is -2.17. The summed E-state index contributed by atoms with van der Waals surface area (Å²) in [6.07, 6.45) is 1.51. The highest BCUT2D eigenvalue weighted by atomic mass is 16.3. The van der Waals surface area contributed by atoms with E-state index in [1.807, 2.05) is 61.5 Å². The first-order chi connectivity index (χ1) is 13.6. The van der Waals surface area contributed by atoms with Crippen molar-refractivity contribution in [3.8, 4) is 22.7 Å². The van der Waals surface area contributed by atoms with Crippen LogP contribution < -0.4 is 5.56 Å². The molecule has 0 spiro atoms. The molecule has 0 fully saturated rings. The van der Waals surface area contributed by atoms with Crippen LogP contribution in [0.1, 0.15) is 11.1 Å². The van der Waals surface area contributed by atoms with Crippen molar-refractivity contribution in [3.63, 3.8) is 0 Å². The van der Waals surface area contributed by atoms with E-state index in [-0.39, 0.29) is 11.3 Å². The van der Waals surface area contributed by atoms with Gasteiger partial charge in [0.2, 0.25) is 0 Å². The summed E-state index contributed by atoms with van der Waals surface area (Å²) in [6, 6.07) is 24.0. The fourth-order valence-electron chi connectivity index (χ4n) is 3.09. The van der Waals surface area contributed by atoms with Crippen LogP contribution in [0.2, 0.25) is 0 Å². The molecule has 5 heteroatoms. The standard InChI is InChI=1S/C23H19N3O2/c1-16-9-5-6-12-18(16)22-19(15-24-20-13-7-8-14-21(20)27)23(28)26(25-22)17-10-3-2-4-11-17/h2-15,25,27H,1H3. The van der Waals surface area contributed by atoms with Gasteiger partial charge in [-0.25, -0.2) is 4.68 Å². The molecule has 0 amide bonds. The van der Waals surface area contributed by atoms with Crippen molar-refractivity contribution in [1.82, 2.24) is 9.78 Å². The van der Waals surface area contributed by atoms with Gasteiger partial charge in [-0.2, -0.15) is 0 Å². The number of aromatic nitrogens is 2. The topological polar surface area (TPSA) is 70.4 Å². The van der Waals surface area contributed by atoms with Gasteiger partial charge in [-0.05, 0) is 36.8 Å². The Labute approximate surface area is 162 Å². The first-order valence-electron chi connectivity index (χ1n) is 8.93. The highest BCUT2D eigenvalue weighted by molar-refractivity contribution is 5.91. The Morgan fingerprint density at radius 3 is 2.36 bits per heavy atom. The third kappa shape index (κ3) is 3.25. The second-order valence-corrected chi connectivity index (χ2v) is 6.44. The Morgan fingerprint density at radius 2 is 1.61 bits per heavy atom. The largest absolute Gasteiger partial charge is 0.506 e. The SMILES string of the molecule is Cc1ccccc1-c1[nH]n(-c2ccccc2)c(=O)c1C=Nc1ccccc1O. The molecule has 0 aliphatic carbocycles. The van der Waals surface area contributed by atoms with E-state index in [1.165, 1.54) is 10.9 Å². The first kappa shape index (κ1) is 17.5. The van der Waals surface area contributed by atoms with Gasteiger partial charge in [0.25, 0.3) is 5.56 Å². The predicted molar refractivity (Wildman–Crippen MR) is 112 cm³/mol. The Hall–Kier alpha value is -3.86. The third-order valence-corrected chi connectivity index (χ3v) is 4.57. The van der Waals surface area contributed by atoms with Crippen LogP contribution in [0.25, 0.3) is 16.9 Å². The molecule has 0 saturated carbocycles. The number of phenols is 1. The van der Waals surface area contributed by atoms with E-state index >= 15 is 0 Å². The van der Waals surface area contributed by atoms with Gasteiger partial charge in [0.05, 0.1) is 16.9 Å². The molecule has 0 unspecified atom stereocenters. The highest BCUT2D eigenvalue weighted by Crippen LogP contribution is 2.27. The average molecular weight is 369 g/mol. The van der Waals surface area contributed by atoms with Crippen LogP contribution in [0.15, 0.2) is 88.6 Å². The van der Waals surface area contributed by atoms with E-state index in [4.69, 9.17) is 0 Å². The summed E-state index contributed by atoms with van der Waals surface area (Å²) >= 11 is 0. The first-order valence-corrected chi connectivity index (χ1v) is 8.93. The Morgan fingerprint density at radius 1 is 0.929 bits per heavy atom. The highest BCUT2D eigenvalue weighted by Gasteiger charge is 2.16. The number of para-hydroxylation sites is 3. The lowest BCUT2D eigenvalue weighted by atomic mass is 10.0. The molecule has 1 aromatic heterocycles. The second-order valence-electron chi connectivity index (χ2n) is 6.44. The van der Waals surface area contributed by atoms with E-state index in [2.05, 4.69) is 10.1 Å². The number of nitrogens with one attached hydrogen (secondary N) is 1. The monoisotopic (exact) mass is 369 g/mol. The number of rotatable bonds is 4. The second kappa shape index (κ2) is 7.40. The minimum absolute atomic E-state index is 0.0649. The number of H-pyrrole nitrogens is 1. The van der Waals surface area contributed by atoms with Crippen LogP contribution in [0, 0.1) is 6.92 Å². The maximum atomic E-state index is 13.2. The number of benzene rings is 3. The molecule has 0 atom stereocenters. The van der Waals surface area contributed by atoms with Crippen molar-refractivity contribution in [2.75, 3.05) is 0 Å². The van der Waals surface area contributed by atoms with Gasteiger partial charge in [-0.15, -0.1) is 0 Å². The predicted octanol–water partition coefficient (Wildman–Crippen LogP) is 4.60. The molecule has 1 heterocycles. The van der Waals surface area contributed by atoms with Crippen molar-refractivity contribution in [2.24, 2.45) is 4.99 Å². The summed E-state index contributed by atoms with van der Waals surface area (Å²) < 4.78 is 1.51. The summed E-state index contributed by atoms with van der Waals surface area (Å²) in [7, 11) is 0. The Balaban J connectivity index is 1.91. The summed E-state index contributed by atoms with van der Waals surface area (Å²) in [6.45, 7) is 2.00. The fraction of sp³-hybridized carbons (Fsp3) is 0.0435. The molecule has 0 saturated heterocycles. The van der Waals surface area contributed by atoms with Crippen LogP contribution >= 0.6 is 0 Å². The zero-order chi connectivity index (χ0) is 19.5. The lowest BCUT2D eigenvalue weighted by Gasteiger charge is -2.05. The third-order valence-electron chi connectivity index (χ3n) is 4.57. The zero-order valence-corrected chi connectivity index (χ0v) is 15.3. The summed E-state index contributed by atoms with van der Waals surface area (Å²) in [4.78, 5) is 17.5. The van der Waals surface area contributed by atoms with Gasteiger partial charge in [-0.1, -0.05) is 54.6 Å². The normalized spacial score (nSPS) is 11.2. The van der Waals surface area contributed by atoms with Gasteiger partial charge in [0.15, 0.2) is 0 Å². The maximum Gasteiger partial charge on any atom is 0.280 e. The molecule has 3 aromatic carbocycles. The number of nitrogens with zero attached hydrogens (tertiary/aromatic N) is 2. The number of aromatic amines is 1. The summed E-state index contributed by atoms with van der Waals surface area (Å²) in [5.74, 6) is 0.0649. The van der Waals surface area contributed by atoms with E-state index in [0.717, 1.165) is 16.8 Å². The molecular formula is C23H19N3O2. The fourth-order valence-corrected chi connectivity index (χ4v) is 3.09. The minimum atomic E-state index is -0.205. The summed E-state index contributed by atoms with van der Waals surface area (Å²) in [5.41, 5.74) is 4.03. The van der Waals surface area contributed by atoms with Crippen LogP contribution in [-0.4, -0.2) is 21.1 Å². The smallest absolute Gasteiger partial charge is 0.280 e. The van der Waals surface area contributed by atoms with Gasteiger partial charge in [0, 0.05) is 11.8 Å². The molecule has 138 valence electrons. The van der Waals surface area contributed by atoms with E-state index in [1.54, 1.807) is 24.3 Å². The van der Waals surface area contributed by atoms with E-state index < -0.39 is 0 Å². The summed E-state index contributed by atoms with van der Waals surface area (Å²) in [5, 5.41) is 13.2. The zero-order valence-electron chi connectivity index (χ0n) is 15.3. The Kier molecular flexibility index (Phi) is 4.64. The molecule has 2 N–H and O–H groups in total. The van der Waals surface area contributed by atoms with Crippen molar-refractivity contribution >= 4 is 11.9 Å². The molecule has 5 nitrogen and oxygen atoms in total. The Bertz CT molecular complexity index is 1200. The lowest BCUT2D eigenvalue weighted by molar-refractivity contribution is 0.477. The molecule has 28 heavy (non-hydrogen) atoms. The van der Waals surface area contributed by atoms with Crippen LogP contribution in [0.4, 0.5) is 5.69 Å². The molecule has 0 aliphatic rings. The van der Waals surface area contributed by atoms with Gasteiger partial charge in [0.1, 0.15) is 11.4 Å². The molecule has 4 rings (SSSR count). The number of aryl methyl sites for hydroxylation is 1. The van der Waals surface area contributed by atoms with E-state index in [9.17, 15) is 9.90 Å². The quantitative estimate of drug-likeness (QED) is 0.516. The maximum absolute atomic E-state index is 13.2. The van der Waals surface area contributed by atoms with Crippen LogP contribution in [0.5, 0.6) is 5.75 Å². The minimum Gasteiger partial charge on any atom is -0.506 e. The van der Waals surface area contributed by atoms with Crippen molar-refractivity contribution in [1.29, 1.82) is 0 Å². The van der Waals surface area contributed by atoms with Crippen LogP contribution in [-0.2, 0) is 0 Å². The number of phenolic OH excluding ortho intramolecular Hbond substituents is 1. The molecule has 0 radical (unpaired) electrons. The average Bonchev–Trinajstić information content (AvgIpc) is 3.04. The van der Waals surface area contributed by atoms with E-state index in [0.29, 0.717) is 16.9 Å². The van der Waals surface area contributed by atoms with Crippen molar-refractivity contribution < 1.29 is 5.11 Å². The molecule has 0 bridgehead atoms. The van der Waals surface area contributed by atoms with Crippen molar-refractivity contribution in [2.45, 2.75) is 6.92 Å². The van der Waals surface area contributed by atoms with Gasteiger partial charge >= 0.3 is 0 Å². The number of hydrogen-bond acceptors (Lipinski definition) is 3. The van der Waals surface area contributed by atoms with Gasteiger partial charge in [-0.3, -0.25) is 14.9 Å². The molecule has 0 aliphatic heterocycles. The van der Waals surface area contributed by atoms with Crippen LogP contribution in [0.3, 0.4) is 0 Å². The number of aliphatic imine (C=N–C) groups is 1. The van der Waals surface area contributed by atoms with Gasteiger partial charge < -0.3 is 5.11 Å². The molecular weight excluding hydrogens is 350 g/mol.